The van der Waals surface area contributed by atoms with Gasteiger partial charge in [-0.2, -0.15) is 0 Å². The zero-order chi connectivity index (χ0) is 6.53. The minimum Gasteiger partial charge on any atom is -0.235 e. The first-order chi connectivity index (χ1) is 4.43. The minimum absolute atomic E-state index is 0.954. The average Bonchev–Trinajstić information content (AvgIpc) is 1.91. The van der Waals surface area contributed by atoms with Crippen molar-refractivity contribution in [1.82, 2.24) is 4.75 Å². The van der Waals surface area contributed by atoms with Crippen LogP contribution in [0.5, 0.6) is 0 Å². The number of allylic oxidation sites excluding steroid dienone is 1. The number of hydrogen-bond donors (Lipinski definition) is 0. The van der Waals surface area contributed by atoms with E-state index in [1.54, 1.807) is 0 Å². The van der Waals surface area contributed by atoms with Crippen molar-refractivity contribution in [3.05, 3.63) is 36.3 Å². The summed E-state index contributed by atoms with van der Waals surface area (Å²) in [6.07, 6.45) is 4.66. The number of nitrogens with zero attached hydrogens (tertiary/aromatic N) is 1. The van der Waals surface area contributed by atoms with Crippen molar-refractivity contribution in [3.63, 3.8) is 0 Å². The summed E-state index contributed by atoms with van der Waals surface area (Å²) in [5.74, 6) is 0. The van der Waals surface area contributed by atoms with E-state index >= 15 is 0 Å². The standard InChI is InChI=1S/C7H8NP/c1-2-4-7-5-3-6-8-9-7/h2-3,5-6H,1,4H2. The topological polar surface area (TPSA) is 12.9 Å². The van der Waals surface area contributed by atoms with Crippen LogP contribution in [0.2, 0.25) is 0 Å². The van der Waals surface area contributed by atoms with Gasteiger partial charge in [0.1, 0.15) is 0 Å². The lowest BCUT2D eigenvalue weighted by Crippen LogP contribution is -1.72. The van der Waals surface area contributed by atoms with Crippen molar-refractivity contribution in [1.29, 1.82) is 0 Å². The smallest absolute Gasteiger partial charge is 0.0411 e. The Hall–Kier alpha value is -0.680. The van der Waals surface area contributed by atoms with Crippen molar-refractivity contribution in [3.8, 4) is 0 Å². The minimum atomic E-state index is 0.954. The van der Waals surface area contributed by atoms with E-state index in [0.717, 1.165) is 14.8 Å². The molecule has 1 rings (SSSR count). The quantitative estimate of drug-likeness (QED) is 0.570. The zero-order valence-electron chi connectivity index (χ0n) is 5.12. The van der Waals surface area contributed by atoms with Gasteiger partial charge in [0.2, 0.25) is 0 Å². The van der Waals surface area contributed by atoms with Crippen LogP contribution in [0.25, 0.3) is 0 Å². The van der Waals surface area contributed by atoms with Crippen LogP contribution in [0.4, 0.5) is 0 Å². The highest BCUT2D eigenvalue weighted by Gasteiger charge is 1.84. The molecule has 0 bridgehead atoms. The second kappa shape index (κ2) is 3.37. The van der Waals surface area contributed by atoms with Gasteiger partial charge in [-0.3, -0.25) is 0 Å². The molecule has 0 N–H and O–H groups in total. The Balaban J connectivity index is 2.72. The summed E-state index contributed by atoms with van der Waals surface area (Å²) in [5.41, 5.74) is 0. The molecule has 0 aliphatic heterocycles. The molecule has 0 aliphatic carbocycles. The largest absolute Gasteiger partial charge is 0.235 e. The van der Waals surface area contributed by atoms with Crippen LogP contribution in [-0.4, -0.2) is 4.75 Å². The normalized spacial score (nSPS) is 9.78. The van der Waals surface area contributed by atoms with Gasteiger partial charge in [-0.1, -0.05) is 12.1 Å². The molecule has 0 spiro atoms. The van der Waals surface area contributed by atoms with E-state index in [2.05, 4.69) is 17.4 Å². The van der Waals surface area contributed by atoms with Crippen LogP contribution < -0.4 is 0 Å². The van der Waals surface area contributed by atoms with Crippen molar-refractivity contribution < 1.29 is 0 Å². The van der Waals surface area contributed by atoms with E-state index in [0.29, 0.717) is 0 Å². The van der Waals surface area contributed by atoms with E-state index in [9.17, 15) is 0 Å². The molecule has 0 aromatic carbocycles. The van der Waals surface area contributed by atoms with E-state index in [1.807, 2.05) is 18.3 Å². The summed E-state index contributed by atoms with van der Waals surface area (Å²) in [6.45, 7) is 3.64. The molecule has 1 aromatic heterocycles. The average molecular weight is 137 g/mol. The first-order valence-corrected chi connectivity index (χ1v) is 3.65. The molecule has 0 saturated heterocycles. The molecule has 0 radical (unpaired) electrons. The van der Waals surface area contributed by atoms with Gasteiger partial charge in [0.15, 0.2) is 0 Å². The van der Waals surface area contributed by atoms with Gasteiger partial charge < -0.3 is 0 Å². The fourth-order valence-corrected chi connectivity index (χ4v) is 1.25. The van der Waals surface area contributed by atoms with Crippen LogP contribution in [-0.2, 0) is 6.42 Å². The molecule has 1 heterocycles. The lowest BCUT2D eigenvalue weighted by Gasteiger charge is -1.89. The van der Waals surface area contributed by atoms with Crippen molar-refractivity contribution >= 4 is 8.35 Å². The first kappa shape index (κ1) is 6.44. The maximum Gasteiger partial charge on any atom is 0.0411 e. The molecule has 0 unspecified atom stereocenters. The van der Waals surface area contributed by atoms with Crippen LogP contribution in [0.3, 0.4) is 0 Å². The molecule has 0 aliphatic rings. The van der Waals surface area contributed by atoms with Crippen molar-refractivity contribution in [2.24, 2.45) is 0 Å². The first-order valence-electron chi connectivity index (χ1n) is 2.81. The van der Waals surface area contributed by atoms with Gasteiger partial charge in [-0.05, 0) is 12.5 Å². The van der Waals surface area contributed by atoms with Gasteiger partial charge in [0.05, 0.1) is 0 Å². The van der Waals surface area contributed by atoms with Crippen molar-refractivity contribution in [2.45, 2.75) is 6.42 Å². The van der Waals surface area contributed by atoms with E-state index in [4.69, 9.17) is 0 Å². The highest BCUT2D eigenvalue weighted by molar-refractivity contribution is 7.26. The molecule has 0 saturated carbocycles. The molecule has 1 nitrogen and oxygen atoms in total. The van der Waals surface area contributed by atoms with Crippen LogP contribution in [0, 0.1) is 0 Å². The molecule has 9 heavy (non-hydrogen) atoms. The molecular weight excluding hydrogens is 129 g/mol. The summed E-state index contributed by atoms with van der Waals surface area (Å²) in [5, 5.41) is 1.31. The molecule has 1 aromatic rings. The number of aromatic nitrogens is 1. The molecule has 0 fully saturated rings. The Labute approximate surface area is 56.6 Å². The van der Waals surface area contributed by atoms with Gasteiger partial charge >= 0.3 is 0 Å². The lowest BCUT2D eigenvalue weighted by atomic mass is 10.3. The maximum atomic E-state index is 4.05. The number of rotatable bonds is 2. The van der Waals surface area contributed by atoms with Crippen LogP contribution in [0.15, 0.2) is 31.0 Å². The highest BCUT2D eigenvalue weighted by Crippen LogP contribution is 2.08. The van der Waals surface area contributed by atoms with Gasteiger partial charge in [-0.15, -0.1) is 6.58 Å². The molecule has 0 amide bonds. The Morgan fingerprint density at radius 2 is 2.67 bits per heavy atom. The third kappa shape index (κ3) is 1.95. The maximum absolute atomic E-state index is 4.05. The van der Waals surface area contributed by atoms with Crippen LogP contribution >= 0.6 is 8.35 Å². The summed E-state index contributed by atoms with van der Waals surface area (Å²) >= 11 is 0. The monoisotopic (exact) mass is 137 g/mol. The predicted octanol–water partition coefficient (Wildman–Crippen LogP) is 2.39. The van der Waals surface area contributed by atoms with Crippen LogP contribution in [0.1, 0.15) is 5.30 Å². The summed E-state index contributed by atoms with van der Waals surface area (Å²) in [6, 6.07) is 4.03. The predicted molar refractivity (Wildman–Crippen MR) is 40.7 cm³/mol. The molecule has 2 heteroatoms. The second-order valence-corrected chi connectivity index (χ2v) is 2.71. The Kier molecular flexibility index (Phi) is 2.41. The molecular formula is C7H8NP. The number of hydrogen-bond acceptors (Lipinski definition) is 1. The Morgan fingerprint density at radius 3 is 3.22 bits per heavy atom. The Bertz CT molecular complexity index is 183. The zero-order valence-corrected chi connectivity index (χ0v) is 6.01. The molecule has 46 valence electrons. The SMILES string of the molecule is C=CCc1cccnp1. The van der Waals surface area contributed by atoms with E-state index < -0.39 is 0 Å². The third-order valence-electron chi connectivity index (χ3n) is 0.981. The second-order valence-electron chi connectivity index (χ2n) is 1.71. The van der Waals surface area contributed by atoms with Gasteiger partial charge in [0.25, 0.3) is 0 Å². The fourth-order valence-electron chi connectivity index (χ4n) is 0.590. The van der Waals surface area contributed by atoms with E-state index in [-0.39, 0.29) is 0 Å². The Morgan fingerprint density at radius 1 is 1.78 bits per heavy atom. The summed E-state index contributed by atoms with van der Waals surface area (Å²) in [4.78, 5) is 0. The van der Waals surface area contributed by atoms with Gasteiger partial charge in [0, 0.05) is 19.8 Å². The lowest BCUT2D eigenvalue weighted by molar-refractivity contribution is 1.33. The van der Waals surface area contributed by atoms with Gasteiger partial charge in [-0.25, -0.2) is 4.75 Å². The third-order valence-corrected chi connectivity index (χ3v) is 1.82. The van der Waals surface area contributed by atoms with Crippen molar-refractivity contribution in [2.75, 3.05) is 0 Å². The summed E-state index contributed by atoms with van der Waals surface area (Å²) < 4.78 is 4.05. The molecule has 0 atom stereocenters. The fraction of sp³-hybridized carbons (Fsp3) is 0.143. The summed E-state index contributed by atoms with van der Waals surface area (Å²) in [7, 11) is 1.07. The highest BCUT2D eigenvalue weighted by atomic mass is 31.0. The van der Waals surface area contributed by atoms with E-state index in [1.165, 1.54) is 5.30 Å².